The van der Waals surface area contributed by atoms with E-state index in [2.05, 4.69) is 15.2 Å². The summed E-state index contributed by atoms with van der Waals surface area (Å²) >= 11 is 0. The standard InChI is InChI=1S/C46H50N6O8/c1-4-15-51-26-35(31-9-14-47-22-34(31)42(51)55)28-20-37(59-2)40(38(21-28)60-3)45(58)50-16-12-46(13-17-50)10-7-27(8-11-46)23-49-24-29-18-32-33(19-30(29)25-49)44(57)52(43(32)56)36-5-6-39(53)48-41(36)54/h9,14,18-22,26-27,36H,4-8,10-13,15-17,23-25H2,1-3H3,(H,48,53,54). The van der Waals surface area contributed by atoms with Gasteiger partial charge in [0.15, 0.2) is 0 Å². The molecule has 1 saturated carbocycles. The van der Waals surface area contributed by atoms with Crippen molar-refractivity contribution in [3.05, 3.63) is 87.1 Å². The van der Waals surface area contributed by atoms with Crippen LogP contribution in [0.5, 0.6) is 11.5 Å². The summed E-state index contributed by atoms with van der Waals surface area (Å²) in [5.41, 5.74) is 4.87. The predicted octanol–water partition coefficient (Wildman–Crippen LogP) is 5.32. The van der Waals surface area contributed by atoms with Gasteiger partial charge in [-0.25, -0.2) is 0 Å². The summed E-state index contributed by atoms with van der Waals surface area (Å²) in [5, 5.41) is 3.56. The zero-order valence-corrected chi connectivity index (χ0v) is 34.4. The fourth-order valence-corrected chi connectivity index (χ4v) is 10.4. The number of ether oxygens (including phenoxy) is 2. The lowest BCUT2D eigenvalue weighted by molar-refractivity contribution is -0.136. The second kappa shape index (κ2) is 15.6. The molecule has 1 unspecified atom stereocenters. The number of hydrogen-bond acceptors (Lipinski definition) is 10. The number of nitrogens with zero attached hydrogens (tertiary/aromatic N) is 5. The van der Waals surface area contributed by atoms with Crippen molar-refractivity contribution in [3.8, 4) is 22.6 Å². The number of piperidine rings is 2. The molecule has 2 saturated heterocycles. The molecule has 0 radical (unpaired) electrons. The van der Waals surface area contributed by atoms with Crippen molar-refractivity contribution in [1.82, 2.24) is 29.6 Å². The SMILES string of the molecule is CCCn1cc(-c2cc(OC)c(C(=O)N3CCC4(CCC(CN5Cc6cc7c(cc6C5)C(=O)N(C5CCC(=O)NC5=O)C7=O)CC4)CC3)c(OC)c2)c2ccncc2c1=O. The molecule has 5 aliphatic rings. The van der Waals surface area contributed by atoms with E-state index < -0.39 is 29.7 Å². The molecule has 6 heterocycles. The third-order valence-corrected chi connectivity index (χ3v) is 13.7. The number of carbonyl (C=O) groups is 5. The number of pyridine rings is 2. The zero-order chi connectivity index (χ0) is 41.9. The summed E-state index contributed by atoms with van der Waals surface area (Å²) in [5.74, 6) is -0.670. The molecule has 312 valence electrons. The molecule has 14 heteroatoms. The number of carbonyl (C=O) groups excluding carboxylic acids is 5. The van der Waals surface area contributed by atoms with Crippen molar-refractivity contribution in [3.63, 3.8) is 0 Å². The summed E-state index contributed by atoms with van der Waals surface area (Å²) in [6, 6.07) is 8.25. The van der Waals surface area contributed by atoms with Gasteiger partial charge in [-0.1, -0.05) is 6.92 Å². The molecule has 3 fully saturated rings. The lowest BCUT2D eigenvalue weighted by atomic mass is 9.65. The van der Waals surface area contributed by atoms with Gasteiger partial charge in [-0.2, -0.15) is 0 Å². The maximum Gasteiger partial charge on any atom is 0.262 e. The van der Waals surface area contributed by atoms with Crippen LogP contribution in [0.3, 0.4) is 0 Å². The molecule has 9 rings (SSSR count). The highest BCUT2D eigenvalue weighted by Crippen LogP contribution is 2.48. The molecule has 4 aromatic rings. The average Bonchev–Trinajstić information content (AvgIpc) is 3.76. The van der Waals surface area contributed by atoms with E-state index in [0.717, 1.165) is 84.0 Å². The van der Waals surface area contributed by atoms with Crippen molar-refractivity contribution in [2.45, 2.75) is 90.4 Å². The molecule has 60 heavy (non-hydrogen) atoms. The molecule has 2 aromatic carbocycles. The Hall–Kier alpha value is -5.89. The van der Waals surface area contributed by atoms with Gasteiger partial charge in [-0.05, 0) is 115 Å². The Morgan fingerprint density at radius 2 is 1.50 bits per heavy atom. The summed E-state index contributed by atoms with van der Waals surface area (Å²) in [7, 11) is 3.12. The number of imide groups is 2. The molecule has 1 N–H and O–H groups in total. The Balaban J connectivity index is 0.823. The molecule has 1 aliphatic carbocycles. The smallest absolute Gasteiger partial charge is 0.262 e. The van der Waals surface area contributed by atoms with Gasteiger partial charge in [0.05, 0.1) is 30.7 Å². The molecular formula is C46H50N6O8. The number of aryl methyl sites for hydroxylation is 1. The third-order valence-electron chi connectivity index (χ3n) is 13.7. The van der Waals surface area contributed by atoms with Crippen LogP contribution in [0.1, 0.15) is 107 Å². The van der Waals surface area contributed by atoms with Crippen molar-refractivity contribution >= 4 is 40.3 Å². The second-order valence-electron chi connectivity index (χ2n) is 17.2. The van der Waals surface area contributed by atoms with E-state index in [1.165, 1.54) is 0 Å². The quantitative estimate of drug-likeness (QED) is 0.219. The molecular weight excluding hydrogens is 765 g/mol. The Morgan fingerprint density at radius 3 is 2.10 bits per heavy atom. The maximum absolute atomic E-state index is 14.3. The van der Waals surface area contributed by atoms with Gasteiger partial charge in [0.2, 0.25) is 11.8 Å². The molecule has 0 bridgehead atoms. The first kappa shape index (κ1) is 39.6. The molecule has 1 spiro atoms. The van der Waals surface area contributed by atoms with Gasteiger partial charge in [0.1, 0.15) is 23.1 Å². The minimum absolute atomic E-state index is 0.0886. The number of benzene rings is 2. The minimum Gasteiger partial charge on any atom is -0.496 e. The number of likely N-dealkylation sites (tertiary alicyclic amines) is 1. The molecule has 14 nitrogen and oxygen atoms in total. The Morgan fingerprint density at radius 1 is 0.850 bits per heavy atom. The second-order valence-corrected chi connectivity index (χ2v) is 17.2. The number of rotatable bonds is 9. The van der Waals surface area contributed by atoms with Crippen LogP contribution in [0.25, 0.3) is 21.9 Å². The van der Waals surface area contributed by atoms with Crippen LogP contribution in [-0.2, 0) is 29.2 Å². The summed E-state index contributed by atoms with van der Waals surface area (Å²) < 4.78 is 13.4. The monoisotopic (exact) mass is 814 g/mol. The molecule has 2 aromatic heterocycles. The first-order valence-corrected chi connectivity index (χ1v) is 21.1. The van der Waals surface area contributed by atoms with Gasteiger partial charge in [0.25, 0.3) is 23.3 Å². The van der Waals surface area contributed by atoms with Crippen LogP contribution in [0.2, 0.25) is 0 Å². The van der Waals surface area contributed by atoms with Crippen LogP contribution in [0.15, 0.2) is 53.7 Å². The average molecular weight is 815 g/mol. The van der Waals surface area contributed by atoms with Gasteiger partial charge < -0.3 is 18.9 Å². The van der Waals surface area contributed by atoms with Crippen molar-refractivity contribution in [2.75, 3.05) is 33.9 Å². The highest BCUT2D eigenvalue weighted by atomic mass is 16.5. The van der Waals surface area contributed by atoms with E-state index in [0.29, 0.717) is 72.2 Å². The Labute approximate surface area is 347 Å². The van der Waals surface area contributed by atoms with E-state index >= 15 is 0 Å². The number of amides is 5. The van der Waals surface area contributed by atoms with Gasteiger partial charge in [-0.3, -0.25) is 48.9 Å². The van der Waals surface area contributed by atoms with E-state index in [4.69, 9.17) is 9.47 Å². The first-order chi connectivity index (χ1) is 29.0. The van der Waals surface area contributed by atoms with Crippen LogP contribution in [0.4, 0.5) is 0 Å². The van der Waals surface area contributed by atoms with Crippen molar-refractivity contribution < 1.29 is 33.4 Å². The Bertz CT molecular complexity index is 2440. The van der Waals surface area contributed by atoms with Gasteiger partial charge >= 0.3 is 0 Å². The molecule has 1 atom stereocenters. The summed E-state index contributed by atoms with van der Waals surface area (Å²) in [6.45, 7) is 6.25. The minimum atomic E-state index is -0.969. The van der Waals surface area contributed by atoms with Crippen LogP contribution in [-0.4, -0.2) is 93.7 Å². The number of aromatic nitrogens is 2. The fraction of sp³-hybridized carbons (Fsp3) is 0.457. The highest BCUT2D eigenvalue weighted by Gasteiger charge is 2.46. The normalized spacial score (nSPS) is 20.5. The van der Waals surface area contributed by atoms with Crippen LogP contribution >= 0.6 is 0 Å². The fourth-order valence-electron chi connectivity index (χ4n) is 10.4. The first-order valence-electron chi connectivity index (χ1n) is 21.1. The number of methoxy groups -OCH3 is 2. The van der Waals surface area contributed by atoms with Crippen LogP contribution in [0, 0.1) is 11.3 Å². The van der Waals surface area contributed by atoms with Gasteiger partial charge in [-0.15, -0.1) is 0 Å². The zero-order valence-electron chi connectivity index (χ0n) is 34.4. The summed E-state index contributed by atoms with van der Waals surface area (Å²) in [6.07, 6.45) is 12.5. The van der Waals surface area contributed by atoms with E-state index in [1.54, 1.807) is 31.2 Å². The van der Waals surface area contributed by atoms with Crippen LogP contribution < -0.4 is 20.3 Å². The summed E-state index contributed by atoms with van der Waals surface area (Å²) in [4.78, 5) is 88.0. The topological polar surface area (TPSA) is 160 Å². The molecule has 4 aliphatic heterocycles. The predicted molar refractivity (Wildman–Crippen MR) is 222 cm³/mol. The van der Waals surface area contributed by atoms with Crippen molar-refractivity contribution in [2.24, 2.45) is 11.3 Å². The van der Waals surface area contributed by atoms with Gasteiger partial charge in [0, 0.05) is 69.8 Å². The lowest BCUT2D eigenvalue weighted by Crippen LogP contribution is -2.54. The number of hydrogen-bond donors (Lipinski definition) is 1. The van der Waals surface area contributed by atoms with E-state index in [-0.39, 0.29) is 29.7 Å². The van der Waals surface area contributed by atoms with Crippen molar-refractivity contribution in [1.29, 1.82) is 0 Å². The largest absolute Gasteiger partial charge is 0.496 e. The Kier molecular flexibility index (Phi) is 10.3. The van der Waals surface area contributed by atoms with E-state index in [1.807, 2.05) is 48.4 Å². The number of fused-ring (bicyclic) bond motifs is 3. The van der Waals surface area contributed by atoms with E-state index in [9.17, 15) is 28.8 Å². The highest BCUT2D eigenvalue weighted by molar-refractivity contribution is 6.23. The number of nitrogens with one attached hydrogen (secondary N) is 1. The maximum atomic E-state index is 14.3. The molecule has 5 amide bonds. The third kappa shape index (κ3) is 6.84. The lowest BCUT2D eigenvalue weighted by Gasteiger charge is -2.46.